The summed E-state index contributed by atoms with van der Waals surface area (Å²) in [5.74, 6) is 0.0673. The van der Waals surface area contributed by atoms with Crippen molar-refractivity contribution in [2.75, 3.05) is 12.4 Å². The Labute approximate surface area is 184 Å². The summed E-state index contributed by atoms with van der Waals surface area (Å²) < 4.78 is 5.06. The number of carbonyl (C=O) groups is 1. The highest BCUT2D eigenvalue weighted by atomic mass is 35.5. The number of allylic oxidation sites excluding steroid dienone is 1. The minimum absolute atomic E-state index is 0.00675. The Morgan fingerprint density at radius 1 is 1.10 bits per heavy atom. The number of aromatic nitrogens is 1. The number of pyridine rings is 1. The van der Waals surface area contributed by atoms with Crippen molar-refractivity contribution < 1.29 is 14.6 Å². The molecule has 0 aliphatic rings. The van der Waals surface area contributed by atoms with Crippen LogP contribution in [-0.4, -0.2) is 23.0 Å². The number of fused-ring (bicyclic) bond motifs is 1. The molecule has 2 N–H and O–H groups in total. The van der Waals surface area contributed by atoms with Crippen molar-refractivity contribution in [1.82, 2.24) is 4.98 Å². The summed E-state index contributed by atoms with van der Waals surface area (Å²) >= 11 is 6.07. The van der Waals surface area contributed by atoms with Crippen LogP contribution in [0.2, 0.25) is 5.02 Å². The van der Waals surface area contributed by atoms with Gasteiger partial charge in [0.1, 0.15) is 0 Å². The lowest BCUT2D eigenvalue weighted by Crippen LogP contribution is -1.95. The first-order valence-corrected chi connectivity index (χ1v) is 9.92. The summed E-state index contributed by atoms with van der Waals surface area (Å²) in [5, 5.41) is 14.7. The molecule has 0 atom stereocenters. The lowest BCUT2D eigenvalue weighted by atomic mass is 10.1. The summed E-state index contributed by atoms with van der Waals surface area (Å²) in [6.45, 7) is 0. The molecule has 6 heteroatoms. The van der Waals surface area contributed by atoms with Gasteiger partial charge in [0.25, 0.3) is 0 Å². The Morgan fingerprint density at radius 2 is 1.97 bits per heavy atom. The van der Waals surface area contributed by atoms with Gasteiger partial charge in [0, 0.05) is 33.5 Å². The number of ketones is 1. The van der Waals surface area contributed by atoms with Gasteiger partial charge in [-0.3, -0.25) is 9.78 Å². The van der Waals surface area contributed by atoms with Crippen LogP contribution >= 0.6 is 11.6 Å². The van der Waals surface area contributed by atoms with Crippen LogP contribution in [0.25, 0.3) is 17.0 Å². The van der Waals surface area contributed by atoms with Crippen LogP contribution in [0, 0.1) is 0 Å². The molecule has 4 rings (SSSR count). The van der Waals surface area contributed by atoms with Gasteiger partial charge in [-0.05, 0) is 66.2 Å². The number of nitrogens with one attached hydrogen (secondary N) is 1. The van der Waals surface area contributed by atoms with Crippen LogP contribution in [0.4, 0.5) is 11.4 Å². The van der Waals surface area contributed by atoms with E-state index in [-0.39, 0.29) is 17.3 Å². The van der Waals surface area contributed by atoms with Gasteiger partial charge >= 0.3 is 0 Å². The van der Waals surface area contributed by atoms with Crippen molar-refractivity contribution in [2.24, 2.45) is 0 Å². The lowest BCUT2D eigenvalue weighted by molar-refractivity contribution is 0.104. The number of anilines is 2. The number of ether oxygens (including phenoxy) is 1. The summed E-state index contributed by atoms with van der Waals surface area (Å²) in [5.41, 5.74) is 3.90. The van der Waals surface area contributed by atoms with E-state index in [1.807, 2.05) is 48.5 Å². The van der Waals surface area contributed by atoms with Crippen molar-refractivity contribution in [2.45, 2.75) is 0 Å². The minimum Gasteiger partial charge on any atom is -0.504 e. The molecule has 0 saturated carbocycles. The van der Waals surface area contributed by atoms with Crippen molar-refractivity contribution in [3.63, 3.8) is 0 Å². The Bertz CT molecular complexity index is 1300. The minimum atomic E-state index is -0.186. The van der Waals surface area contributed by atoms with Gasteiger partial charge in [-0.25, -0.2) is 0 Å². The molecule has 0 radical (unpaired) electrons. The van der Waals surface area contributed by atoms with Crippen LogP contribution in [0.3, 0.4) is 0 Å². The molecule has 0 bridgehead atoms. The van der Waals surface area contributed by atoms with Crippen LogP contribution in [0.5, 0.6) is 11.5 Å². The molecular formula is C25H19ClN2O3. The van der Waals surface area contributed by atoms with E-state index >= 15 is 0 Å². The second-order valence-electron chi connectivity index (χ2n) is 6.85. The molecule has 154 valence electrons. The number of benzene rings is 3. The van der Waals surface area contributed by atoms with E-state index in [9.17, 15) is 9.90 Å². The average molecular weight is 431 g/mol. The summed E-state index contributed by atoms with van der Waals surface area (Å²) in [6, 6.07) is 19.7. The SMILES string of the molecule is COc1cc(C(=O)/C=C/c2cccc(Nc3ccnc4cc(Cl)ccc34)c2)ccc1O. The topological polar surface area (TPSA) is 71.5 Å². The van der Waals surface area contributed by atoms with Crippen molar-refractivity contribution in [1.29, 1.82) is 0 Å². The highest BCUT2D eigenvalue weighted by Crippen LogP contribution is 2.28. The third-order valence-corrected chi connectivity index (χ3v) is 5.00. The number of hydrogen-bond donors (Lipinski definition) is 2. The molecular weight excluding hydrogens is 412 g/mol. The number of rotatable bonds is 6. The monoisotopic (exact) mass is 430 g/mol. The molecule has 0 saturated heterocycles. The van der Waals surface area contributed by atoms with E-state index in [0.717, 1.165) is 27.8 Å². The fourth-order valence-corrected chi connectivity index (χ4v) is 3.37. The van der Waals surface area contributed by atoms with Gasteiger partial charge in [0.15, 0.2) is 17.3 Å². The van der Waals surface area contributed by atoms with Gasteiger partial charge in [-0.15, -0.1) is 0 Å². The number of hydrogen-bond acceptors (Lipinski definition) is 5. The second-order valence-corrected chi connectivity index (χ2v) is 7.29. The predicted octanol–water partition coefficient (Wildman–Crippen LogP) is 6.24. The second kappa shape index (κ2) is 8.90. The molecule has 0 aliphatic carbocycles. The Kier molecular flexibility index (Phi) is 5.87. The number of carbonyl (C=O) groups excluding carboxylic acids is 1. The number of halogens is 1. The van der Waals surface area contributed by atoms with Crippen molar-refractivity contribution in [3.05, 3.63) is 95.2 Å². The number of phenols is 1. The maximum Gasteiger partial charge on any atom is 0.185 e. The molecule has 31 heavy (non-hydrogen) atoms. The fourth-order valence-electron chi connectivity index (χ4n) is 3.20. The number of methoxy groups -OCH3 is 1. The lowest BCUT2D eigenvalue weighted by Gasteiger charge is -2.10. The van der Waals surface area contributed by atoms with Crippen LogP contribution in [0.1, 0.15) is 15.9 Å². The zero-order chi connectivity index (χ0) is 21.8. The molecule has 1 heterocycles. The number of phenolic OH excluding ortho intramolecular Hbond substituents is 1. The van der Waals surface area contributed by atoms with Crippen LogP contribution in [0.15, 0.2) is 79.0 Å². The predicted molar refractivity (Wildman–Crippen MR) is 125 cm³/mol. The first-order valence-electron chi connectivity index (χ1n) is 9.54. The standard InChI is InChI=1S/C25H19ClN2O3/c1-31-25-14-17(6-10-24(25)30)23(29)9-5-16-3-2-4-19(13-16)28-21-11-12-27-22-15-18(26)7-8-20(21)22/h2-15,30H,1H3,(H,27,28)/b9-5+. The van der Waals surface area contributed by atoms with E-state index in [2.05, 4.69) is 10.3 Å². The van der Waals surface area contributed by atoms with Gasteiger partial charge < -0.3 is 15.2 Å². The van der Waals surface area contributed by atoms with Gasteiger partial charge in [0.05, 0.1) is 12.6 Å². The summed E-state index contributed by atoms with van der Waals surface area (Å²) in [6.07, 6.45) is 4.97. The molecule has 1 aromatic heterocycles. The molecule has 0 fully saturated rings. The molecule has 0 unspecified atom stereocenters. The zero-order valence-corrected chi connectivity index (χ0v) is 17.4. The molecule has 0 aliphatic heterocycles. The third-order valence-electron chi connectivity index (χ3n) is 4.76. The molecule has 0 spiro atoms. The van der Waals surface area contributed by atoms with E-state index in [0.29, 0.717) is 10.6 Å². The Balaban J connectivity index is 1.54. The third kappa shape index (κ3) is 4.68. The van der Waals surface area contributed by atoms with Crippen LogP contribution in [-0.2, 0) is 0 Å². The fraction of sp³-hybridized carbons (Fsp3) is 0.0400. The number of nitrogens with zero attached hydrogens (tertiary/aromatic N) is 1. The maximum atomic E-state index is 12.5. The normalized spacial score (nSPS) is 11.0. The zero-order valence-electron chi connectivity index (χ0n) is 16.7. The first-order chi connectivity index (χ1) is 15.0. The summed E-state index contributed by atoms with van der Waals surface area (Å²) in [4.78, 5) is 16.8. The van der Waals surface area contributed by atoms with E-state index in [4.69, 9.17) is 16.3 Å². The summed E-state index contributed by atoms with van der Waals surface area (Å²) in [7, 11) is 1.44. The van der Waals surface area contributed by atoms with E-state index in [1.54, 1.807) is 18.3 Å². The largest absolute Gasteiger partial charge is 0.504 e. The van der Waals surface area contributed by atoms with Crippen molar-refractivity contribution >= 4 is 45.7 Å². The Morgan fingerprint density at radius 3 is 2.81 bits per heavy atom. The van der Waals surface area contributed by atoms with E-state index in [1.165, 1.54) is 25.3 Å². The van der Waals surface area contributed by atoms with Crippen LogP contribution < -0.4 is 10.1 Å². The van der Waals surface area contributed by atoms with Gasteiger partial charge in [-0.1, -0.05) is 29.8 Å². The number of aromatic hydroxyl groups is 1. The highest BCUT2D eigenvalue weighted by molar-refractivity contribution is 6.31. The Hall–Kier alpha value is -3.83. The molecule has 4 aromatic rings. The molecule has 5 nitrogen and oxygen atoms in total. The average Bonchev–Trinajstić information content (AvgIpc) is 2.78. The molecule has 0 amide bonds. The quantitative estimate of drug-likeness (QED) is 0.280. The van der Waals surface area contributed by atoms with E-state index < -0.39 is 0 Å². The molecule has 3 aromatic carbocycles. The first kappa shape index (κ1) is 20.4. The maximum absolute atomic E-state index is 12.5. The highest BCUT2D eigenvalue weighted by Gasteiger charge is 2.08. The van der Waals surface area contributed by atoms with Crippen molar-refractivity contribution in [3.8, 4) is 11.5 Å². The smallest absolute Gasteiger partial charge is 0.185 e. The van der Waals surface area contributed by atoms with Gasteiger partial charge in [-0.2, -0.15) is 0 Å². The van der Waals surface area contributed by atoms with Gasteiger partial charge in [0.2, 0.25) is 0 Å².